The van der Waals surface area contributed by atoms with Crippen molar-refractivity contribution in [3.05, 3.63) is 35.4 Å². The number of hydrogen-bond acceptors (Lipinski definition) is 3. The van der Waals surface area contributed by atoms with Crippen LogP contribution in [-0.4, -0.2) is 29.8 Å². The highest BCUT2D eigenvalue weighted by Gasteiger charge is 2.30. The van der Waals surface area contributed by atoms with Crippen molar-refractivity contribution in [3.8, 4) is 0 Å². The number of alkyl halides is 3. The minimum atomic E-state index is -4.47. The Balaban J connectivity index is 2.56. The van der Waals surface area contributed by atoms with Gasteiger partial charge in [0, 0.05) is 6.54 Å². The number of carbonyl (C=O) groups is 1. The van der Waals surface area contributed by atoms with E-state index >= 15 is 0 Å². The average Bonchev–Trinajstić information content (AvgIpc) is 2.41. The number of amides is 1. The van der Waals surface area contributed by atoms with Gasteiger partial charge in [0.25, 0.3) is 0 Å². The highest BCUT2D eigenvalue weighted by molar-refractivity contribution is 5.77. The predicted molar refractivity (Wildman–Crippen MR) is 75.1 cm³/mol. The van der Waals surface area contributed by atoms with Crippen LogP contribution in [0.3, 0.4) is 0 Å². The summed E-state index contributed by atoms with van der Waals surface area (Å²) in [6.45, 7) is 5.00. The standard InChI is InChI=1S/C15H20F3NO3/c1-14(2,3)22-9-13(21)19-8-12(20)10-5-4-6-11(7-10)15(16,17)18/h4-7,12,20H,8-9H2,1-3H3,(H,19,21). The average molecular weight is 319 g/mol. The molecule has 0 aromatic heterocycles. The molecule has 1 atom stereocenters. The number of carbonyl (C=O) groups excluding carboxylic acids is 1. The molecule has 0 radical (unpaired) electrons. The van der Waals surface area contributed by atoms with Crippen molar-refractivity contribution in [2.75, 3.05) is 13.2 Å². The SMILES string of the molecule is CC(C)(C)OCC(=O)NCC(O)c1cccc(C(F)(F)F)c1. The van der Waals surface area contributed by atoms with Crippen LogP contribution >= 0.6 is 0 Å². The van der Waals surface area contributed by atoms with Gasteiger partial charge >= 0.3 is 6.18 Å². The second-order valence-electron chi connectivity index (χ2n) is 5.84. The molecular formula is C15H20F3NO3. The van der Waals surface area contributed by atoms with Gasteiger partial charge in [-0.15, -0.1) is 0 Å². The lowest BCUT2D eigenvalue weighted by Gasteiger charge is -2.19. The summed E-state index contributed by atoms with van der Waals surface area (Å²) in [6.07, 6.45) is -5.69. The molecule has 0 heterocycles. The Morgan fingerprint density at radius 3 is 2.50 bits per heavy atom. The molecule has 22 heavy (non-hydrogen) atoms. The summed E-state index contributed by atoms with van der Waals surface area (Å²) in [6, 6.07) is 4.37. The molecule has 0 saturated heterocycles. The largest absolute Gasteiger partial charge is 0.416 e. The van der Waals surface area contributed by atoms with E-state index in [1.165, 1.54) is 12.1 Å². The van der Waals surface area contributed by atoms with E-state index in [9.17, 15) is 23.1 Å². The van der Waals surface area contributed by atoms with E-state index < -0.39 is 29.4 Å². The fourth-order valence-corrected chi connectivity index (χ4v) is 1.58. The predicted octanol–water partition coefficient (Wildman–Crippen LogP) is 2.67. The van der Waals surface area contributed by atoms with Crippen molar-refractivity contribution in [3.63, 3.8) is 0 Å². The van der Waals surface area contributed by atoms with Crippen LogP contribution in [0.25, 0.3) is 0 Å². The van der Waals surface area contributed by atoms with Gasteiger partial charge in [-0.3, -0.25) is 4.79 Å². The zero-order chi connectivity index (χ0) is 17.0. The minimum Gasteiger partial charge on any atom is -0.387 e. The minimum absolute atomic E-state index is 0.0897. The number of halogens is 3. The van der Waals surface area contributed by atoms with Gasteiger partial charge in [-0.2, -0.15) is 13.2 Å². The normalized spacial score (nSPS) is 13.8. The second kappa shape index (κ2) is 7.11. The zero-order valence-electron chi connectivity index (χ0n) is 12.7. The van der Waals surface area contributed by atoms with Crippen LogP contribution in [0.5, 0.6) is 0 Å². The van der Waals surface area contributed by atoms with Gasteiger partial charge in [0.1, 0.15) is 6.61 Å². The highest BCUT2D eigenvalue weighted by Crippen LogP contribution is 2.30. The van der Waals surface area contributed by atoms with E-state index in [0.717, 1.165) is 12.1 Å². The maximum atomic E-state index is 12.6. The van der Waals surface area contributed by atoms with Crippen molar-refractivity contribution in [1.82, 2.24) is 5.32 Å². The molecule has 1 unspecified atom stereocenters. The number of aliphatic hydroxyl groups excluding tert-OH is 1. The van der Waals surface area contributed by atoms with Crippen molar-refractivity contribution >= 4 is 5.91 Å². The molecule has 0 aliphatic rings. The third kappa shape index (κ3) is 6.44. The van der Waals surface area contributed by atoms with Gasteiger partial charge in [0.15, 0.2) is 0 Å². The van der Waals surface area contributed by atoms with Gasteiger partial charge in [0.05, 0.1) is 17.3 Å². The lowest BCUT2D eigenvalue weighted by Crippen LogP contribution is -2.34. The lowest BCUT2D eigenvalue weighted by atomic mass is 10.1. The first-order chi connectivity index (χ1) is 9.99. The molecule has 2 N–H and O–H groups in total. The third-order valence-corrected chi connectivity index (χ3v) is 2.73. The van der Waals surface area contributed by atoms with E-state index in [4.69, 9.17) is 4.74 Å². The summed E-state index contributed by atoms with van der Waals surface area (Å²) in [4.78, 5) is 11.5. The third-order valence-electron chi connectivity index (χ3n) is 2.73. The molecule has 1 aromatic rings. The first-order valence-electron chi connectivity index (χ1n) is 6.75. The van der Waals surface area contributed by atoms with Crippen LogP contribution in [-0.2, 0) is 15.7 Å². The number of nitrogens with one attached hydrogen (secondary N) is 1. The Labute approximate surface area is 127 Å². The molecule has 0 aliphatic carbocycles. The molecule has 0 bridgehead atoms. The Hall–Kier alpha value is -1.60. The molecule has 0 aliphatic heterocycles. The summed E-state index contributed by atoms with van der Waals surface area (Å²) in [5.41, 5.74) is -1.23. The van der Waals surface area contributed by atoms with Crippen molar-refractivity contribution in [2.24, 2.45) is 0 Å². The van der Waals surface area contributed by atoms with Crippen LogP contribution in [0.15, 0.2) is 24.3 Å². The fourth-order valence-electron chi connectivity index (χ4n) is 1.58. The van der Waals surface area contributed by atoms with Crippen LogP contribution in [0, 0.1) is 0 Å². The van der Waals surface area contributed by atoms with Crippen molar-refractivity contribution in [2.45, 2.75) is 38.7 Å². The maximum Gasteiger partial charge on any atom is 0.416 e. The van der Waals surface area contributed by atoms with Crippen LogP contribution in [0.4, 0.5) is 13.2 Å². The van der Waals surface area contributed by atoms with Crippen LogP contribution in [0.1, 0.15) is 38.0 Å². The molecule has 1 rings (SSSR count). The van der Waals surface area contributed by atoms with Crippen LogP contribution < -0.4 is 5.32 Å². The summed E-state index contributed by atoms with van der Waals surface area (Å²) in [5, 5.41) is 12.3. The van der Waals surface area contributed by atoms with E-state index in [1.54, 1.807) is 20.8 Å². The first-order valence-corrected chi connectivity index (χ1v) is 6.75. The second-order valence-corrected chi connectivity index (χ2v) is 5.84. The zero-order valence-corrected chi connectivity index (χ0v) is 12.7. The molecule has 4 nitrogen and oxygen atoms in total. The van der Waals surface area contributed by atoms with Gasteiger partial charge in [0.2, 0.25) is 5.91 Å². The smallest absolute Gasteiger partial charge is 0.387 e. The van der Waals surface area contributed by atoms with Crippen molar-refractivity contribution < 1.29 is 27.8 Å². The van der Waals surface area contributed by atoms with Crippen molar-refractivity contribution in [1.29, 1.82) is 0 Å². The first kappa shape index (κ1) is 18.4. The van der Waals surface area contributed by atoms with Gasteiger partial charge in [-0.05, 0) is 38.5 Å². The van der Waals surface area contributed by atoms with E-state index in [0.29, 0.717) is 0 Å². The number of aliphatic hydroxyl groups is 1. The summed E-state index contributed by atoms with van der Waals surface area (Å²) >= 11 is 0. The molecule has 0 fully saturated rings. The molecule has 1 amide bonds. The number of hydrogen-bond donors (Lipinski definition) is 2. The molecule has 124 valence electrons. The van der Waals surface area contributed by atoms with Gasteiger partial charge in [-0.25, -0.2) is 0 Å². The summed E-state index contributed by atoms with van der Waals surface area (Å²) in [7, 11) is 0. The Morgan fingerprint density at radius 2 is 1.95 bits per heavy atom. The summed E-state index contributed by atoms with van der Waals surface area (Å²) < 4.78 is 43.0. The molecule has 7 heteroatoms. The highest BCUT2D eigenvalue weighted by atomic mass is 19.4. The molecular weight excluding hydrogens is 299 g/mol. The monoisotopic (exact) mass is 319 g/mol. The van der Waals surface area contributed by atoms with E-state index in [2.05, 4.69) is 5.32 Å². The number of rotatable bonds is 5. The number of benzene rings is 1. The van der Waals surface area contributed by atoms with Gasteiger partial charge in [-0.1, -0.05) is 12.1 Å². The van der Waals surface area contributed by atoms with Crippen LogP contribution in [0.2, 0.25) is 0 Å². The molecule has 0 saturated carbocycles. The van der Waals surface area contributed by atoms with E-state index in [-0.39, 0.29) is 18.7 Å². The molecule has 1 aromatic carbocycles. The number of ether oxygens (including phenoxy) is 1. The molecule has 0 spiro atoms. The lowest BCUT2D eigenvalue weighted by molar-refractivity contribution is -0.137. The van der Waals surface area contributed by atoms with E-state index in [1.807, 2.05) is 0 Å². The Kier molecular flexibility index (Phi) is 5.96. The topological polar surface area (TPSA) is 58.6 Å². The quantitative estimate of drug-likeness (QED) is 0.877. The Bertz CT molecular complexity index is 509. The van der Waals surface area contributed by atoms with Gasteiger partial charge < -0.3 is 15.2 Å². The maximum absolute atomic E-state index is 12.6. The summed E-state index contributed by atoms with van der Waals surface area (Å²) in [5.74, 6) is -0.444. The fraction of sp³-hybridized carbons (Fsp3) is 0.533. The Morgan fingerprint density at radius 1 is 1.32 bits per heavy atom.